The number of hydrogen-bond acceptors (Lipinski definition) is 2. The third kappa shape index (κ3) is 2.61. The summed E-state index contributed by atoms with van der Waals surface area (Å²) in [5, 5.41) is 19.0. The fraction of sp³-hybridized carbons (Fsp3) is 0.400. The quantitative estimate of drug-likeness (QED) is 0.788. The van der Waals surface area contributed by atoms with E-state index in [0.29, 0.717) is 6.42 Å². The maximum atomic E-state index is 9.60. The van der Waals surface area contributed by atoms with Crippen molar-refractivity contribution < 1.29 is 10.2 Å². The maximum absolute atomic E-state index is 9.60. The van der Waals surface area contributed by atoms with Gasteiger partial charge in [0.2, 0.25) is 0 Å². The minimum Gasteiger partial charge on any atom is -0.506 e. The van der Waals surface area contributed by atoms with Crippen LogP contribution in [0, 0.1) is 0 Å². The second kappa shape index (κ2) is 4.49. The van der Waals surface area contributed by atoms with Crippen LogP contribution in [0.3, 0.4) is 0 Å². The van der Waals surface area contributed by atoms with Crippen molar-refractivity contribution in [3.63, 3.8) is 0 Å². The van der Waals surface area contributed by atoms with Gasteiger partial charge < -0.3 is 10.2 Å². The van der Waals surface area contributed by atoms with E-state index in [9.17, 15) is 5.11 Å². The zero-order valence-electron chi connectivity index (χ0n) is 7.50. The smallest absolute Gasteiger partial charge is 0.134 e. The first-order chi connectivity index (χ1) is 6.15. The summed E-state index contributed by atoms with van der Waals surface area (Å²) in [6.45, 7) is 2.01. The van der Waals surface area contributed by atoms with Gasteiger partial charge in [-0.25, -0.2) is 0 Å². The predicted molar refractivity (Wildman–Crippen MR) is 53.0 cm³/mol. The van der Waals surface area contributed by atoms with Crippen molar-refractivity contribution in [2.45, 2.75) is 25.9 Å². The Morgan fingerprint density at radius 3 is 2.69 bits per heavy atom. The van der Waals surface area contributed by atoms with E-state index < -0.39 is 6.10 Å². The zero-order valence-corrected chi connectivity index (χ0v) is 8.25. The van der Waals surface area contributed by atoms with Crippen LogP contribution in [0.25, 0.3) is 0 Å². The van der Waals surface area contributed by atoms with Crippen molar-refractivity contribution in [3.8, 4) is 5.75 Å². The molecule has 0 aliphatic carbocycles. The van der Waals surface area contributed by atoms with Crippen LogP contribution in [0.2, 0.25) is 5.02 Å². The molecule has 0 fully saturated rings. The molecule has 2 nitrogen and oxygen atoms in total. The van der Waals surface area contributed by atoms with Crippen LogP contribution < -0.4 is 0 Å². The summed E-state index contributed by atoms with van der Waals surface area (Å²) in [6, 6.07) is 4.77. The lowest BCUT2D eigenvalue weighted by molar-refractivity contribution is 0.166. The second-order valence-electron chi connectivity index (χ2n) is 3.02. The number of phenols is 1. The van der Waals surface area contributed by atoms with Crippen molar-refractivity contribution in [1.29, 1.82) is 0 Å². The van der Waals surface area contributed by atoms with Crippen LogP contribution in [-0.2, 0) is 0 Å². The molecule has 0 radical (unpaired) electrons. The van der Waals surface area contributed by atoms with Gasteiger partial charge in [0.1, 0.15) is 5.75 Å². The molecular weight excluding hydrogens is 188 g/mol. The molecule has 1 rings (SSSR count). The highest BCUT2D eigenvalue weighted by molar-refractivity contribution is 6.32. The molecule has 0 amide bonds. The number of benzene rings is 1. The van der Waals surface area contributed by atoms with Crippen molar-refractivity contribution in [2.75, 3.05) is 0 Å². The van der Waals surface area contributed by atoms with Crippen LogP contribution in [0.4, 0.5) is 0 Å². The van der Waals surface area contributed by atoms with Crippen molar-refractivity contribution in [3.05, 3.63) is 28.8 Å². The van der Waals surface area contributed by atoms with E-state index in [-0.39, 0.29) is 10.8 Å². The Labute approximate surface area is 82.8 Å². The molecule has 0 saturated carbocycles. The van der Waals surface area contributed by atoms with E-state index in [1.165, 1.54) is 6.07 Å². The third-order valence-electron chi connectivity index (χ3n) is 1.92. The zero-order chi connectivity index (χ0) is 9.84. The van der Waals surface area contributed by atoms with Crippen molar-refractivity contribution in [2.24, 2.45) is 0 Å². The van der Waals surface area contributed by atoms with Gasteiger partial charge in [-0.2, -0.15) is 0 Å². The SMILES string of the molecule is CCCC(O)c1ccc(O)c(Cl)c1. The Kier molecular flexibility index (Phi) is 3.58. The topological polar surface area (TPSA) is 40.5 Å². The van der Waals surface area contributed by atoms with Gasteiger partial charge in [-0.1, -0.05) is 31.0 Å². The number of hydrogen-bond donors (Lipinski definition) is 2. The summed E-state index contributed by atoms with van der Waals surface area (Å²) in [5.41, 5.74) is 0.754. The van der Waals surface area contributed by atoms with E-state index in [0.717, 1.165) is 12.0 Å². The molecule has 3 heteroatoms. The molecule has 0 heterocycles. The highest BCUT2D eigenvalue weighted by Gasteiger charge is 2.07. The van der Waals surface area contributed by atoms with Gasteiger partial charge in [0.15, 0.2) is 0 Å². The Bertz CT molecular complexity index is 286. The van der Waals surface area contributed by atoms with Gasteiger partial charge >= 0.3 is 0 Å². The largest absolute Gasteiger partial charge is 0.506 e. The first kappa shape index (κ1) is 10.4. The molecule has 72 valence electrons. The van der Waals surface area contributed by atoms with E-state index in [4.69, 9.17) is 16.7 Å². The Balaban J connectivity index is 2.84. The number of rotatable bonds is 3. The summed E-state index contributed by atoms with van der Waals surface area (Å²) in [4.78, 5) is 0. The number of aliphatic hydroxyl groups excluding tert-OH is 1. The number of phenolic OH excluding ortho intramolecular Hbond substituents is 1. The van der Waals surface area contributed by atoms with Crippen molar-refractivity contribution >= 4 is 11.6 Å². The van der Waals surface area contributed by atoms with Gasteiger partial charge in [-0.3, -0.25) is 0 Å². The van der Waals surface area contributed by atoms with E-state index in [1.54, 1.807) is 12.1 Å². The third-order valence-corrected chi connectivity index (χ3v) is 2.22. The summed E-state index contributed by atoms with van der Waals surface area (Å²) < 4.78 is 0. The van der Waals surface area contributed by atoms with Gasteiger partial charge in [-0.05, 0) is 24.1 Å². The Morgan fingerprint density at radius 1 is 1.46 bits per heavy atom. The first-order valence-electron chi connectivity index (χ1n) is 4.31. The van der Waals surface area contributed by atoms with E-state index >= 15 is 0 Å². The lowest BCUT2D eigenvalue weighted by atomic mass is 10.1. The summed E-state index contributed by atoms with van der Waals surface area (Å²) in [7, 11) is 0. The van der Waals surface area contributed by atoms with Crippen LogP contribution in [0.1, 0.15) is 31.4 Å². The number of halogens is 1. The molecule has 0 aliphatic rings. The average Bonchev–Trinajstić information content (AvgIpc) is 2.10. The standard InChI is InChI=1S/C10H13ClO2/c1-2-3-9(12)7-4-5-10(13)8(11)6-7/h4-6,9,12-13H,2-3H2,1H3. The summed E-state index contributed by atoms with van der Waals surface area (Å²) in [5.74, 6) is 0.0501. The highest BCUT2D eigenvalue weighted by Crippen LogP contribution is 2.27. The van der Waals surface area contributed by atoms with Gasteiger partial charge in [0, 0.05) is 0 Å². The molecule has 0 spiro atoms. The fourth-order valence-electron chi connectivity index (χ4n) is 1.17. The number of aromatic hydroxyl groups is 1. The van der Waals surface area contributed by atoms with E-state index in [2.05, 4.69) is 0 Å². The summed E-state index contributed by atoms with van der Waals surface area (Å²) >= 11 is 5.70. The molecular formula is C10H13ClO2. The van der Waals surface area contributed by atoms with Gasteiger partial charge in [0.25, 0.3) is 0 Å². The van der Waals surface area contributed by atoms with E-state index in [1.807, 2.05) is 6.92 Å². The Hall–Kier alpha value is -0.730. The van der Waals surface area contributed by atoms with Crippen molar-refractivity contribution in [1.82, 2.24) is 0 Å². The highest BCUT2D eigenvalue weighted by atomic mass is 35.5. The molecule has 1 aromatic rings. The lowest BCUT2D eigenvalue weighted by Crippen LogP contribution is -1.95. The molecule has 0 saturated heterocycles. The molecule has 0 aromatic heterocycles. The summed E-state index contributed by atoms with van der Waals surface area (Å²) in [6.07, 6.45) is 1.14. The average molecular weight is 201 g/mol. The van der Waals surface area contributed by atoms with Crippen LogP contribution in [0.15, 0.2) is 18.2 Å². The molecule has 1 unspecified atom stereocenters. The fourth-order valence-corrected chi connectivity index (χ4v) is 1.36. The molecule has 2 N–H and O–H groups in total. The Morgan fingerprint density at radius 2 is 2.15 bits per heavy atom. The van der Waals surface area contributed by atoms with Gasteiger partial charge in [0.05, 0.1) is 11.1 Å². The minimum absolute atomic E-state index is 0.0501. The minimum atomic E-state index is -0.483. The van der Waals surface area contributed by atoms with Crippen LogP contribution in [0.5, 0.6) is 5.75 Å². The normalized spacial score (nSPS) is 12.8. The second-order valence-corrected chi connectivity index (χ2v) is 3.42. The van der Waals surface area contributed by atoms with Crippen LogP contribution in [-0.4, -0.2) is 10.2 Å². The number of aliphatic hydroxyl groups is 1. The molecule has 0 bridgehead atoms. The van der Waals surface area contributed by atoms with Gasteiger partial charge in [-0.15, -0.1) is 0 Å². The molecule has 13 heavy (non-hydrogen) atoms. The molecule has 0 aliphatic heterocycles. The molecule has 1 aromatic carbocycles. The van der Waals surface area contributed by atoms with Crippen LogP contribution >= 0.6 is 11.6 Å². The monoisotopic (exact) mass is 200 g/mol. The predicted octanol–water partition coefficient (Wildman–Crippen LogP) is 2.88. The first-order valence-corrected chi connectivity index (χ1v) is 4.69. The molecule has 1 atom stereocenters. The lowest BCUT2D eigenvalue weighted by Gasteiger charge is -2.09. The maximum Gasteiger partial charge on any atom is 0.134 e.